The first kappa shape index (κ1) is 13.5. The molecule has 0 aliphatic carbocycles. The molecule has 1 aromatic rings. The van der Waals surface area contributed by atoms with Gasteiger partial charge in [0.15, 0.2) is 0 Å². The number of carbonyl (C=O) groups is 2. The third kappa shape index (κ3) is 3.30. The van der Waals surface area contributed by atoms with Crippen molar-refractivity contribution in [1.29, 1.82) is 0 Å². The molecule has 0 atom stereocenters. The van der Waals surface area contributed by atoms with Gasteiger partial charge in [0.2, 0.25) is 11.8 Å². The SMILES string of the molecule is CCNc1cc(CN2C(=O)CC(C)CC2=O)ccn1. The summed E-state index contributed by atoms with van der Waals surface area (Å²) in [6, 6.07) is 3.71. The molecule has 5 nitrogen and oxygen atoms in total. The van der Waals surface area contributed by atoms with Gasteiger partial charge in [0, 0.05) is 25.6 Å². The van der Waals surface area contributed by atoms with Gasteiger partial charge in [-0.15, -0.1) is 0 Å². The topological polar surface area (TPSA) is 62.3 Å². The van der Waals surface area contributed by atoms with Gasteiger partial charge in [-0.05, 0) is 30.5 Å². The van der Waals surface area contributed by atoms with Gasteiger partial charge >= 0.3 is 0 Å². The molecule has 1 aliphatic heterocycles. The Labute approximate surface area is 113 Å². The Morgan fingerprint density at radius 3 is 2.68 bits per heavy atom. The van der Waals surface area contributed by atoms with Gasteiger partial charge in [-0.2, -0.15) is 0 Å². The van der Waals surface area contributed by atoms with Crippen LogP contribution >= 0.6 is 0 Å². The van der Waals surface area contributed by atoms with Crippen molar-refractivity contribution < 1.29 is 9.59 Å². The van der Waals surface area contributed by atoms with E-state index in [0.717, 1.165) is 17.9 Å². The van der Waals surface area contributed by atoms with Crippen LogP contribution in [0.1, 0.15) is 32.3 Å². The average molecular weight is 261 g/mol. The highest BCUT2D eigenvalue weighted by molar-refractivity contribution is 5.97. The third-order valence-corrected chi connectivity index (χ3v) is 3.17. The number of amides is 2. The quantitative estimate of drug-likeness (QED) is 0.839. The Balaban J connectivity index is 2.09. The van der Waals surface area contributed by atoms with Crippen LogP contribution in [0.4, 0.5) is 5.82 Å². The monoisotopic (exact) mass is 261 g/mol. The summed E-state index contributed by atoms with van der Waals surface area (Å²) in [7, 11) is 0. The zero-order valence-corrected chi connectivity index (χ0v) is 11.3. The average Bonchev–Trinajstić information content (AvgIpc) is 2.35. The minimum absolute atomic E-state index is 0.0782. The van der Waals surface area contributed by atoms with Crippen LogP contribution in [0.15, 0.2) is 18.3 Å². The van der Waals surface area contributed by atoms with E-state index >= 15 is 0 Å². The maximum Gasteiger partial charge on any atom is 0.229 e. The van der Waals surface area contributed by atoms with E-state index in [4.69, 9.17) is 0 Å². The van der Waals surface area contributed by atoms with Crippen LogP contribution in [-0.2, 0) is 16.1 Å². The summed E-state index contributed by atoms with van der Waals surface area (Å²) in [5.41, 5.74) is 0.919. The number of rotatable bonds is 4. The molecule has 1 N–H and O–H groups in total. The fourth-order valence-electron chi connectivity index (χ4n) is 2.24. The molecule has 1 aromatic heterocycles. The third-order valence-electron chi connectivity index (χ3n) is 3.17. The van der Waals surface area contributed by atoms with Crippen LogP contribution in [0.25, 0.3) is 0 Å². The molecular formula is C14H19N3O2. The largest absolute Gasteiger partial charge is 0.370 e. The molecule has 0 spiro atoms. The zero-order chi connectivity index (χ0) is 13.8. The van der Waals surface area contributed by atoms with Crippen LogP contribution in [-0.4, -0.2) is 28.2 Å². The van der Waals surface area contributed by atoms with Crippen molar-refractivity contribution in [1.82, 2.24) is 9.88 Å². The van der Waals surface area contributed by atoms with Gasteiger partial charge in [0.05, 0.1) is 6.54 Å². The number of imide groups is 1. The molecule has 2 amide bonds. The Morgan fingerprint density at radius 1 is 1.37 bits per heavy atom. The fourth-order valence-corrected chi connectivity index (χ4v) is 2.24. The molecule has 0 unspecified atom stereocenters. The number of anilines is 1. The number of nitrogens with one attached hydrogen (secondary N) is 1. The smallest absolute Gasteiger partial charge is 0.229 e. The molecule has 1 aliphatic rings. The first-order valence-electron chi connectivity index (χ1n) is 6.62. The van der Waals surface area contributed by atoms with Crippen LogP contribution in [0.5, 0.6) is 0 Å². The molecule has 2 heterocycles. The van der Waals surface area contributed by atoms with E-state index in [1.54, 1.807) is 6.20 Å². The summed E-state index contributed by atoms with van der Waals surface area (Å²) >= 11 is 0. The lowest BCUT2D eigenvalue weighted by Crippen LogP contribution is -2.42. The first-order valence-corrected chi connectivity index (χ1v) is 6.62. The minimum atomic E-state index is -0.0782. The Kier molecular flexibility index (Phi) is 4.14. The van der Waals surface area contributed by atoms with E-state index in [-0.39, 0.29) is 17.7 Å². The number of hydrogen-bond donors (Lipinski definition) is 1. The molecule has 0 bridgehead atoms. The molecule has 19 heavy (non-hydrogen) atoms. The van der Waals surface area contributed by atoms with Gasteiger partial charge in [0.1, 0.15) is 5.82 Å². The number of pyridine rings is 1. The predicted molar refractivity (Wildman–Crippen MR) is 72.4 cm³/mol. The predicted octanol–water partition coefficient (Wildman–Crippen LogP) is 1.80. The molecule has 1 fully saturated rings. The van der Waals surface area contributed by atoms with E-state index in [1.165, 1.54) is 4.90 Å². The Morgan fingerprint density at radius 2 is 2.05 bits per heavy atom. The number of carbonyl (C=O) groups excluding carboxylic acids is 2. The minimum Gasteiger partial charge on any atom is -0.370 e. The van der Waals surface area contributed by atoms with Gasteiger partial charge in [0.25, 0.3) is 0 Å². The van der Waals surface area contributed by atoms with Crippen molar-refractivity contribution in [2.45, 2.75) is 33.2 Å². The van der Waals surface area contributed by atoms with Crippen molar-refractivity contribution in [2.24, 2.45) is 5.92 Å². The maximum absolute atomic E-state index is 11.9. The standard InChI is InChI=1S/C14H19N3O2/c1-3-15-12-8-11(4-5-16-12)9-17-13(18)6-10(2)7-14(17)19/h4-5,8,10H,3,6-7,9H2,1-2H3,(H,15,16). The number of hydrogen-bond acceptors (Lipinski definition) is 4. The first-order chi connectivity index (χ1) is 9.10. The van der Waals surface area contributed by atoms with Crippen molar-refractivity contribution >= 4 is 17.6 Å². The number of likely N-dealkylation sites (tertiary alicyclic amines) is 1. The molecule has 2 rings (SSSR count). The summed E-state index contributed by atoms with van der Waals surface area (Å²) < 4.78 is 0. The normalized spacial score (nSPS) is 16.8. The molecule has 0 radical (unpaired) electrons. The van der Waals surface area contributed by atoms with Crippen LogP contribution < -0.4 is 5.32 Å². The van der Waals surface area contributed by atoms with Gasteiger partial charge in [-0.1, -0.05) is 6.92 Å². The number of nitrogens with zero attached hydrogens (tertiary/aromatic N) is 2. The Bertz CT molecular complexity index is 469. The van der Waals surface area contributed by atoms with E-state index in [0.29, 0.717) is 19.4 Å². The zero-order valence-electron chi connectivity index (χ0n) is 11.3. The van der Waals surface area contributed by atoms with Gasteiger partial charge < -0.3 is 5.32 Å². The molecular weight excluding hydrogens is 242 g/mol. The number of piperidine rings is 1. The lowest BCUT2D eigenvalue weighted by Gasteiger charge is -2.28. The van der Waals surface area contributed by atoms with Crippen molar-refractivity contribution in [3.63, 3.8) is 0 Å². The van der Waals surface area contributed by atoms with E-state index < -0.39 is 0 Å². The summed E-state index contributed by atoms with van der Waals surface area (Å²) in [5, 5.41) is 3.12. The summed E-state index contributed by atoms with van der Waals surface area (Å²) in [4.78, 5) is 29.3. The fraction of sp³-hybridized carbons (Fsp3) is 0.500. The molecule has 0 saturated carbocycles. The van der Waals surface area contributed by atoms with Crippen molar-refractivity contribution in [2.75, 3.05) is 11.9 Å². The lowest BCUT2D eigenvalue weighted by molar-refractivity contribution is -0.150. The summed E-state index contributed by atoms with van der Waals surface area (Å²) in [6.45, 7) is 5.05. The second-order valence-corrected chi connectivity index (χ2v) is 4.97. The Hall–Kier alpha value is -1.91. The highest BCUT2D eigenvalue weighted by Gasteiger charge is 2.30. The lowest BCUT2D eigenvalue weighted by atomic mass is 9.97. The molecule has 5 heteroatoms. The highest BCUT2D eigenvalue weighted by atomic mass is 16.2. The van der Waals surface area contributed by atoms with E-state index in [9.17, 15) is 9.59 Å². The van der Waals surface area contributed by atoms with E-state index in [2.05, 4.69) is 10.3 Å². The van der Waals surface area contributed by atoms with Gasteiger partial charge in [-0.25, -0.2) is 4.98 Å². The van der Waals surface area contributed by atoms with Crippen LogP contribution in [0, 0.1) is 5.92 Å². The molecule has 0 aromatic carbocycles. The van der Waals surface area contributed by atoms with Crippen molar-refractivity contribution in [3.8, 4) is 0 Å². The summed E-state index contributed by atoms with van der Waals surface area (Å²) in [5.74, 6) is 0.771. The van der Waals surface area contributed by atoms with E-state index in [1.807, 2.05) is 26.0 Å². The maximum atomic E-state index is 11.9. The van der Waals surface area contributed by atoms with Crippen LogP contribution in [0.2, 0.25) is 0 Å². The van der Waals surface area contributed by atoms with Gasteiger partial charge in [-0.3, -0.25) is 14.5 Å². The van der Waals surface area contributed by atoms with Crippen molar-refractivity contribution in [3.05, 3.63) is 23.9 Å². The highest BCUT2D eigenvalue weighted by Crippen LogP contribution is 2.21. The number of aromatic nitrogens is 1. The molecule has 102 valence electrons. The summed E-state index contributed by atoms with van der Waals surface area (Å²) in [6.07, 6.45) is 2.60. The van der Waals surface area contributed by atoms with Crippen LogP contribution in [0.3, 0.4) is 0 Å². The second kappa shape index (κ2) is 5.82. The second-order valence-electron chi connectivity index (χ2n) is 4.97. The molecule has 1 saturated heterocycles.